The summed E-state index contributed by atoms with van der Waals surface area (Å²) in [5.41, 5.74) is 0.739. The number of aliphatic hydroxyl groups is 1. The summed E-state index contributed by atoms with van der Waals surface area (Å²) in [5.74, 6) is 0.192. The number of halogens is 1. The van der Waals surface area contributed by atoms with Gasteiger partial charge in [-0.25, -0.2) is 13.1 Å². The Labute approximate surface area is 125 Å². The van der Waals surface area contributed by atoms with Crippen LogP contribution in [-0.2, 0) is 10.0 Å². The van der Waals surface area contributed by atoms with Crippen LogP contribution in [0.4, 0.5) is 0 Å². The van der Waals surface area contributed by atoms with E-state index >= 15 is 0 Å². The zero-order valence-corrected chi connectivity index (χ0v) is 13.0. The van der Waals surface area contributed by atoms with E-state index in [1.807, 2.05) is 0 Å². The minimum Gasteiger partial charge on any atom is -0.393 e. The maximum Gasteiger partial charge on any atom is 0.242 e. The van der Waals surface area contributed by atoms with Crippen LogP contribution in [0.5, 0.6) is 0 Å². The van der Waals surface area contributed by atoms with E-state index in [0.717, 1.165) is 24.8 Å². The van der Waals surface area contributed by atoms with E-state index in [9.17, 15) is 13.5 Å². The van der Waals surface area contributed by atoms with E-state index < -0.39 is 10.0 Å². The molecule has 1 aliphatic rings. The SMILES string of the molecule is Cc1cccc(S(=O)(=O)NCC2CCCC(O)C2)c1Cl. The van der Waals surface area contributed by atoms with Crippen LogP contribution in [0.1, 0.15) is 31.2 Å². The van der Waals surface area contributed by atoms with Crippen molar-refractivity contribution in [3.63, 3.8) is 0 Å². The van der Waals surface area contributed by atoms with Crippen molar-refractivity contribution in [1.29, 1.82) is 0 Å². The molecule has 1 saturated carbocycles. The number of benzene rings is 1. The van der Waals surface area contributed by atoms with Gasteiger partial charge in [0.05, 0.1) is 11.1 Å². The third-order valence-corrected chi connectivity index (χ3v) is 5.84. The number of hydrogen-bond acceptors (Lipinski definition) is 3. The molecular weight excluding hydrogens is 298 g/mol. The summed E-state index contributed by atoms with van der Waals surface area (Å²) >= 11 is 6.06. The van der Waals surface area contributed by atoms with Gasteiger partial charge >= 0.3 is 0 Å². The maximum absolute atomic E-state index is 12.3. The van der Waals surface area contributed by atoms with Gasteiger partial charge in [-0.05, 0) is 43.7 Å². The quantitative estimate of drug-likeness (QED) is 0.896. The standard InChI is InChI=1S/C14H20ClNO3S/c1-10-4-2-7-13(14(10)15)20(18,19)16-9-11-5-3-6-12(17)8-11/h2,4,7,11-12,16-17H,3,5-6,8-9H2,1H3. The Balaban J connectivity index is 2.06. The molecule has 0 bridgehead atoms. The Kier molecular flexibility index (Phi) is 5.07. The molecule has 1 aromatic carbocycles. The van der Waals surface area contributed by atoms with Crippen LogP contribution in [0, 0.1) is 12.8 Å². The average Bonchev–Trinajstić information content (AvgIpc) is 2.40. The second-order valence-corrected chi connectivity index (χ2v) is 7.54. The fraction of sp³-hybridized carbons (Fsp3) is 0.571. The maximum atomic E-state index is 12.3. The molecule has 2 N–H and O–H groups in total. The molecule has 0 saturated heterocycles. The molecule has 6 heteroatoms. The third-order valence-electron chi connectivity index (χ3n) is 3.76. The van der Waals surface area contributed by atoms with Gasteiger partial charge in [-0.2, -0.15) is 0 Å². The van der Waals surface area contributed by atoms with Crippen LogP contribution < -0.4 is 4.72 Å². The first kappa shape index (κ1) is 15.8. The first-order chi connectivity index (χ1) is 9.40. The highest BCUT2D eigenvalue weighted by Crippen LogP contribution is 2.26. The normalized spacial score (nSPS) is 23.8. The lowest BCUT2D eigenvalue weighted by atomic mass is 9.87. The largest absolute Gasteiger partial charge is 0.393 e. The molecule has 0 spiro atoms. The van der Waals surface area contributed by atoms with Crippen LogP contribution in [-0.4, -0.2) is 26.2 Å². The summed E-state index contributed by atoms with van der Waals surface area (Å²) in [5, 5.41) is 9.88. The summed E-state index contributed by atoms with van der Waals surface area (Å²) < 4.78 is 27.2. The van der Waals surface area contributed by atoms with Gasteiger partial charge in [0.25, 0.3) is 0 Å². The fourth-order valence-corrected chi connectivity index (χ4v) is 4.28. The Morgan fingerprint density at radius 3 is 2.85 bits per heavy atom. The lowest BCUT2D eigenvalue weighted by Crippen LogP contribution is -2.33. The van der Waals surface area contributed by atoms with Crippen molar-refractivity contribution in [2.45, 2.75) is 43.6 Å². The summed E-state index contributed by atoms with van der Waals surface area (Å²) in [4.78, 5) is 0.121. The van der Waals surface area contributed by atoms with Crippen molar-refractivity contribution in [2.24, 2.45) is 5.92 Å². The fourth-order valence-electron chi connectivity index (χ4n) is 2.58. The van der Waals surface area contributed by atoms with Gasteiger partial charge in [0, 0.05) is 6.54 Å². The van der Waals surface area contributed by atoms with Gasteiger partial charge in [0.15, 0.2) is 0 Å². The highest BCUT2D eigenvalue weighted by molar-refractivity contribution is 7.89. The minimum atomic E-state index is -3.59. The number of sulfonamides is 1. The van der Waals surface area contributed by atoms with Crippen LogP contribution in [0.3, 0.4) is 0 Å². The van der Waals surface area contributed by atoms with Crippen LogP contribution in [0.2, 0.25) is 5.02 Å². The van der Waals surface area contributed by atoms with Gasteiger partial charge in [-0.1, -0.05) is 30.2 Å². The molecule has 4 nitrogen and oxygen atoms in total. The molecule has 2 atom stereocenters. The summed E-state index contributed by atoms with van der Waals surface area (Å²) in [6, 6.07) is 4.96. The van der Waals surface area contributed by atoms with E-state index in [1.165, 1.54) is 6.07 Å². The smallest absolute Gasteiger partial charge is 0.242 e. The Morgan fingerprint density at radius 1 is 1.40 bits per heavy atom. The zero-order chi connectivity index (χ0) is 14.8. The molecule has 1 aliphatic carbocycles. The van der Waals surface area contributed by atoms with Gasteiger partial charge in [-0.3, -0.25) is 0 Å². The summed E-state index contributed by atoms with van der Waals surface area (Å²) in [6.07, 6.45) is 3.05. The van der Waals surface area contributed by atoms with E-state index in [-0.39, 0.29) is 21.9 Å². The molecule has 112 valence electrons. The van der Waals surface area contributed by atoms with Crippen molar-refractivity contribution < 1.29 is 13.5 Å². The second kappa shape index (κ2) is 6.43. The topological polar surface area (TPSA) is 66.4 Å². The van der Waals surface area contributed by atoms with Crippen LogP contribution >= 0.6 is 11.6 Å². The number of rotatable bonds is 4. The molecule has 20 heavy (non-hydrogen) atoms. The monoisotopic (exact) mass is 317 g/mol. The molecule has 0 heterocycles. The Bertz CT molecular complexity index is 574. The van der Waals surface area contributed by atoms with E-state index in [2.05, 4.69) is 4.72 Å². The molecule has 0 aliphatic heterocycles. The van der Waals surface area contributed by atoms with Crippen molar-refractivity contribution in [2.75, 3.05) is 6.54 Å². The number of aryl methyl sites for hydroxylation is 1. The summed E-state index contributed by atoms with van der Waals surface area (Å²) in [7, 11) is -3.59. The van der Waals surface area contributed by atoms with Crippen molar-refractivity contribution in [1.82, 2.24) is 4.72 Å². The van der Waals surface area contributed by atoms with E-state index in [1.54, 1.807) is 19.1 Å². The van der Waals surface area contributed by atoms with E-state index in [0.29, 0.717) is 13.0 Å². The highest BCUT2D eigenvalue weighted by Gasteiger charge is 2.24. The molecule has 0 radical (unpaired) electrons. The molecule has 1 fully saturated rings. The predicted molar refractivity (Wildman–Crippen MR) is 79.3 cm³/mol. The first-order valence-corrected chi connectivity index (χ1v) is 8.69. The molecule has 1 aromatic rings. The zero-order valence-electron chi connectivity index (χ0n) is 11.5. The molecule has 2 unspecified atom stereocenters. The minimum absolute atomic E-state index is 0.121. The first-order valence-electron chi connectivity index (χ1n) is 6.83. The molecule has 2 rings (SSSR count). The van der Waals surface area contributed by atoms with Gasteiger partial charge in [0.1, 0.15) is 4.90 Å². The van der Waals surface area contributed by atoms with Crippen molar-refractivity contribution in [3.8, 4) is 0 Å². The Morgan fingerprint density at radius 2 is 2.15 bits per heavy atom. The third kappa shape index (κ3) is 3.73. The lowest BCUT2D eigenvalue weighted by Gasteiger charge is -2.25. The van der Waals surface area contributed by atoms with Gasteiger partial charge in [0.2, 0.25) is 10.0 Å². The van der Waals surface area contributed by atoms with Crippen molar-refractivity contribution in [3.05, 3.63) is 28.8 Å². The van der Waals surface area contributed by atoms with E-state index in [4.69, 9.17) is 11.6 Å². The predicted octanol–water partition coefficient (Wildman–Crippen LogP) is 2.48. The van der Waals surface area contributed by atoms with Gasteiger partial charge < -0.3 is 5.11 Å². The number of nitrogens with one attached hydrogen (secondary N) is 1. The lowest BCUT2D eigenvalue weighted by molar-refractivity contribution is 0.102. The highest BCUT2D eigenvalue weighted by atomic mass is 35.5. The molecule has 0 aromatic heterocycles. The molecular formula is C14H20ClNO3S. The second-order valence-electron chi connectivity index (χ2n) is 5.43. The average molecular weight is 318 g/mol. The summed E-state index contributed by atoms with van der Waals surface area (Å²) in [6.45, 7) is 2.13. The van der Waals surface area contributed by atoms with Gasteiger partial charge in [-0.15, -0.1) is 0 Å². The molecule has 0 amide bonds. The number of aliphatic hydroxyl groups excluding tert-OH is 1. The van der Waals surface area contributed by atoms with Crippen LogP contribution in [0.15, 0.2) is 23.1 Å². The van der Waals surface area contributed by atoms with Crippen molar-refractivity contribution >= 4 is 21.6 Å². The Hall–Kier alpha value is -0.620. The number of hydrogen-bond donors (Lipinski definition) is 2. The van der Waals surface area contributed by atoms with Crippen LogP contribution in [0.25, 0.3) is 0 Å².